The third-order valence-corrected chi connectivity index (χ3v) is 3.47. The molecule has 0 aliphatic heterocycles. The summed E-state index contributed by atoms with van der Waals surface area (Å²) in [7, 11) is 1.80. The summed E-state index contributed by atoms with van der Waals surface area (Å²) in [5, 5.41) is 3.64. The number of ether oxygens (including phenoxy) is 1. The molecule has 15 heavy (non-hydrogen) atoms. The highest BCUT2D eigenvalue weighted by atomic mass is 16.5. The number of hydrogen-bond donors (Lipinski definition) is 1. The van der Waals surface area contributed by atoms with Crippen molar-refractivity contribution in [3.63, 3.8) is 0 Å². The smallest absolute Gasteiger partial charge is 0.0546 e. The second-order valence-corrected chi connectivity index (χ2v) is 6.03. The summed E-state index contributed by atoms with van der Waals surface area (Å²) in [5.74, 6) is 0.702. The van der Waals surface area contributed by atoms with Crippen molar-refractivity contribution in [2.45, 2.75) is 59.1 Å². The molecule has 2 unspecified atom stereocenters. The first-order chi connectivity index (χ1) is 6.93. The van der Waals surface area contributed by atoms with E-state index in [1.165, 1.54) is 12.8 Å². The molecule has 1 aliphatic rings. The summed E-state index contributed by atoms with van der Waals surface area (Å²) in [6, 6.07) is 0.813. The third kappa shape index (κ3) is 4.98. The number of hydrogen-bond acceptors (Lipinski definition) is 2. The van der Waals surface area contributed by atoms with Crippen molar-refractivity contribution < 1.29 is 4.74 Å². The van der Waals surface area contributed by atoms with E-state index in [9.17, 15) is 0 Å². The van der Waals surface area contributed by atoms with Crippen LogP contribution in [0.5, 0.6) is 0 Å². The molecule has 1 aliphatic carbocycles. The Morgan fingerprint density at radius 2 is 1.93 bits per heavy atom. The zero-order valence-electron chi connectivity index (χ0n) is 11.0. The molecule has 0 aromatic heterocycles. The fourth-order valence-electron chi connectivity index (χ4n) is 1.84. The molecule has 2 heteroatoms. The summed E-state index contributed by atoms with van der Waals surface area (Å²) < 4.78 is 5.37. The molecular formula is C13H27NO. The van der Waals surface area contributed by atoms with Gasteiger partial charge in [-0.05, 0) is 44.1 Å². The molecule has 0 saturated heterocycles. The van der Waals surface area contributed by atoms with E-state index in [0.717, 1.165) is 19.0 Å². The Kier molecular flexibility index (Phi) is 4.60. The molecule has 0 bridgehead atoms. The Balaban J connectivity index is 2.36. The fourth-order valence-corrected chi connectivity index (χ4v) is 1.84. The first-order valence-electron chi connectivity index (χ1n) is 6.19. The predicted molar refractivity (Wildman–Crippen MR) is 65.1 cm³/mol. The molecule has 0 spiro atoms. The molecule has 2 nitrogen and oxygen atoms in total. The molecule has 0 radical (unpaired) electrons. The lowest BCUT2D eigenvalue weighted by Crippen LogP contribution is -2.35. The van der Waals surface area contributed by atoms with Gasteiger partial charge in [0, 0.05) is 13.2 Å². The number of nitrogens with one attached hydrogen (secondary N) is 1. The van der Waals surface area contributed by atoms with Crippen molar-refractivity contribution in [1.82, 2.24) is 5.32 Å². The van der Waals surface area contributed by atoms with Crippen LogP contribution < -0.4 is 5.32 Å². The highest BCUT2D eigenvalue weighted by Gasteiger charge is 2.28. The standard InChI is InChI=1S/C13H27NO/c1-10(15-5)8-11(13(2,3)4)9-14-12-6-7-12/h10-12,14H,6-9H2,1-5H3. The Morgan fingerprint density at radius 1 is 1.33 bits per heavy atom. The van der Waals surface area contributed by atoms with Crippen molar-refractivity contribution in [3.8, 4) is 0 Å². The fraction of sp³-hybridized carbons (Fsp3) is 1.00. The minimum Gasteiger partial charge on any atom is -0.382 e. The summed E-state index contributed by atoms with van der Waals surface area (Å²) in [6.07, 6.45) is 4.27. The molecule has 1 N–H and O–H groups in total. The van der Waals surface area contributed by atoms with E-state index >= 15 is 0 Å². The summed E-state index contributed by atoms with van der Waals surface area (Å²) in [6.45, 7) is 10.3. The van der Waals surface area contributed by atoms with Crippen LogP contribution in [0.1, 0.15) is 47.0 Å². The Bertz CT molecular complexity index is 181. The zero-order chi connectivity index (χ0) is 11.5. The van der Waals surface area contributed by atoms with Gasteiger partial charge in [-0.3, -0.25) is 0 Å². The van der Waals surface area contributed by atoms with E-state index in [-0.39, 0.29) is 0 Å². The normalized spacial score (nSPS) is 21.4. The maximum Gasteiger partial charge on any atom is 0.0546 e. The average Bonchev–Trinajstić information content (AvgIpc) is 2.93. The second-order valence-electron chi connectivity index (χ2n) is 6.03. The lowest BCUT2D eigenvalue weighted by atomic mass is 9.77. The molecular weight excluding hydrogens is 186 g/mol. The molecule has 90 valence electrons. The van der Waals surface area contributed by atoms with Gasteiger partial charge in [-0.1, -0.05) is 20.8 Å². The summed E-state index contributed by atoms with van der Waals surface area (Å²) in [4.78, 5) is 0. The van der Waals surface area contributed by atoms with Crippen LogP contribution in [0, 0.1) is 11.3 Å². The van der Waals surface area contributed by atoms with Crippen LogP contribution in [0.4, 0.5) is 0 Å². The molecule has 0 amide bonds. The van der Waals surface area contributed by atoms with Crippen molar-refractivity contribution in [2.75, 3.05) is 13.7 Å². The molecule has 0 heterocycles. The van der Waals surface area contributed by atoms with E-state index in [1.807, 2.05) is 0 Å². The average molecular weight is 213 g/mol. The first-order valence-corrected chi connectivity index (χ1v) is 6.19. The van der Waals surface area contributed by atoms with Gasteiger partial charge in [0.25, 0.3) is 0 Å². The molecule has 2 atom stereocenters. The van der Waals surface area contributed by atoms with E-state index in [0.29, 0.717) is 17.4 Å². The van der Waals surface area contributed by atoms with E-state index in [2.05, 4.69) is 33.0 Å². The second kappa shape index (κ2) is 5.31. The Labute approximate surface area is 94.8 Å². The monoisotopic (exact) mass is 213 g/mol. The quantitative estimate of drug-likeness (QED) is 0.732. The molecule has 0 aromatic rings. The van der Waals surface area contributed by atoms with Crippen molar-refractivity contribution >= 4 is 0 Å². The number of rotatable bonds is 6. The Morgan fingerprint density at radius 3 is 2.33 bits per heavy atom. The van der Waals surface area contributed by atoms with Gasteiger partial charge in [0.1, 0.15) is 0 Å². The predicted octanol–water partition coefficient (Wildman–Crippen LogP) is 2.83. The van der Waals surface area contributed by atoms with Gasteiger partial charge in [-0.15, -0.1) is 0 Å². The van der Waals surface area contributed by atoms with Crippen LogP contribution in [0.25, 0.3) is 0 Å². The van der Waals surface area contributed by atoms with Gasteiger partial charge in [-0.2, -0.15) is 0 Å². The van der Waals surface area contributed by atoms with Gasteiger partial charge in [0.15, 0.2) is 0 Å². The van der Waals surface area contributed by atoms with Crippen LogP contribution >= 0.6 is 0 Å². The lowest BCUT2D eigenvalue weighted by Gasteiger charge is -2.32. The van der Waals surface area contributed by atoms with Crippen molar-refractivity contribution in [2.24, 2.45) is 11.3 Å². The van der Waals surface area contributed by atoms with Gasteiger partial charge in [0.05, 0.1) is 6.10 Å². The highest BCUT2D eigenvalue weighted by molar-refractivity contribution is 4.85. The minimum atomic E-state index is 0.370. The molecule has 1 fully saturated rings. The van der Waals surface area contributed by atoms with E-state index < -0.39 is 0 Å². The molecule has 1 rings (SSSR count). The topological polar surface area (TPSA) is 21.3 Å². The molecule has 0 aromatic carbocycles. The van der Waals surface area contributed by atoms with Gasteiger partial charge in [-0.25, -0.2) is 0 Å². The van der Waals surface area contributed by atoms with Crippen LogP contribution in [0.2, 0.25) is 0 Å². The summed E-state index contributed by atoms with van der Waals surface area (Å²) >= 11 is 0. The van der Waals surface area contributed by atoms with Crippen LogP contribution in [0.3, 0.4) is 0 Å². The van der Waals surface area contributed by atoms with Gasteiger partial charge in [0.2, 0.25) is 0 Å². The molecule has 1 saturated carbocycles. The van der Waals surface area contributed by atoms with Crippen molar-refractivity contribution in [1.29, 1.82) is 0 Å². The highest BCUT2D eigenvalue weighted by Crippen LogP contribution is 2.31. The Hall–Kier alpha value is -0.0800. The summed E-state index contributed by atoms with van der Waals surface area (Å²) in [5.41, 5.74) is 0.370. The van der Waals surface area contributed by atoms with Crippen LogP contribution in [-0.4, -0.2) is 25.8 Å². The lowest BCUT2D eigenvalue weighted by molar-refractivity contribution is 0.0695. The van der Waals surface area contributed by atoms with E-state index in [1.54, 1.807) is 7.11 Å². The maximum atomic E-state index is 5.37. The van der Waals surface area contributed by atoms with Crippen LogP contribution in [-0.2, 0) is 4.74 Å². The van der Waals surface area contributed by atoms with Crippen molar-refractivity contribution in [3.05, 3.63) is 0 Å². The zero-order valence-corrected chi connectivity index (χ0v) is 11.0. The first kappa shape index (κ1) is 13.0. The van der Waals surface area contributed by atoms with Crippen LogP contribution in [0.15, 0.2) is 0 Å². The number of methoxy groups -OCH3 is 1. The van der Waals surface area contributed by atoms with Gasteiger partial charge < -0.3 is 10.1 Å². The SMILES string of the molecule is COC(C)CC(CNC1CC1)C(C)(C)C. The minimum absolute atomic E-state index is 0.370. The largest absolute Gasteiger partial charge is 0.382 e. The van der Waals surface area contributed by atoms with Gasteiger partial charge >= 0.3 is 0 Å². The maximum absolute atomic E-state index is 5.37. The third-order valence-electron chi connectivity index (χ3n) is 3.47. The van der Waals surface area contributed by atoms with E-state index in [4.69, 9.17) is 4.74 Å².